The van der Waals surface area contributed by atoms with Crippen LogP contribution in [0.1, 0.15) is 37.7 Å². The lowest BCUT2D eigenvalue weighted by atomic mass is 9.66. The van der Waals surface area contributed by atoms with E-state index in [2.05, 4.69) is 9.88 Å². The average Bonchev–Trinajstić information content (AvgIpc) is 2.83. The molecular formula is C25H28N4O2. The lowest BCUT2D eigenvalue weighted by molar-refractivity contribution is -0.0693. The number of benzene rings is 1. The summed E-state index contributed by atoms with van der Waals surface area (Å²) in [6.07, 6.45) is 8.26. The molecular weight excluding hydrogens is 388 g/mol. The van der Waals surface area contributed by atoms with Gasteiger partial charge in [-0.2, -0.15) is 0 Å². The van der Waals surface area contributed by atoms with Crippen LogP contribution in [-0.2, 0) is 12.6 Å². The molecule has 1 aromatic carbocycles. The summed E-state index contributed by atoms with van der Waals surface area (Å²) in [5, 5.41) is 11.8. The van der Waals surface area contributed by atoms with Crippen molar-refractivity contribution in [2.24, 2.45) is 13.0 Å². The van der Waals surface area contributed by atoms with Crippen molar-refractivity contribution in [1.82, 2.24) is 14.5 Å². The molecule has 0 amide bonds. The first-order chi connectivity index (χ1) is 15.1. The molecule has 6 heteroatoms. The Labute approximate surface area is 182 Å². The van der Waals surface area contributed by atoms with Gasteiger partial charge in [0.05, 0.1) is 11.3 Å². The summed E-state index contributed by atoms with van der Waals surface area (Å²) < 4.78 is 1.64. The zero-order chi connectivity index (χ0) is 21.4. The smallest absolute Gasteiger partial charge is 0.255 e. The molecule has 0 radical (unpaired) electrons. The van der Waals surface area contributed by atoms with Crippen molar-refractivity contribution in [2.75, 3.05) is 11.4 Å². The summed E-state index contributed by atoms with van der Waals surface area (Å²) in [6.45, 7) is 0.659. The van der Waals surface area contributed by atoms with Gasteiger partial charge in [0.25, 0.3) is 5.56 Å². The molecule has 3 aromatic rings. The van der Waals surface area contributed by atoms with Gasteiger partial charge < -0.3 is 10.0 Å². The fraction of sp³-hybridized carbons (Fsp3) is 0.400. The number of anilines is 1. The zero-order valence-electron chi connectivity index (χ0n) is 17.8. The summed E-state index contributed by atoms with van der Waals surface area (Å²) >= 11 is 0. The second-order valence-corrected chi connectivity index (χ2v) is 8.77. The van der Waals surface area contributed by atoms with Gasteiger partial charge >= 0.3 is 0 Å². The highest BCUT2D eigenvalue weighted by molar-refractivity contribution is 5.59. The molecule has 31 heavy (non-hydrogen) atoms. The quantitative estimate of drug-likeness (QED) is 0.708. The second kappa shape index (κ2) is 7.93. The molecule has 2 aliphatic rings. The van der Waals surface area contributed by atoms with Crippen LogP contribution in [0.5, 0.6) is 0 Å². The third-order valence-electron chi connectivity index (χ3n) is 7.09. The molecule has 2 fully saturated rings. The van der Waals surface area contributed by atoms with Gasteiger partial charge in [0, 0.05) is 49.6 Å². The first kappa shape index (κ1) is 19.9. The number of rotatable bonds is 3. The molecule has 0 unspecified atom stereocenters. The predicted molar refractivity (Wildman–Crippen MR) is 121 cm³/mol. The Morgan fingerprint density at radius 1 is 1.06 bits per heavy atom. The van der Waals surface area contributed by atoms with E-state index >= 15 is 0 Å². The highest BCUT2D eigenvalue weighted by Gasteiger charge is 2.49. The Balaban J connectivity index is 1.56. The van der Waals surface area contributed by atoms with Crippen molar-refractivity contribution >= 4 is 5.95 Å². The molecule has 1 saturated carbocycles. The van der Waals surface area contributed by atoms with Gasteiger partial charge in [-0.05, 0) is 37.0 Å². The maximum atomic E-state index is 12.8. The van der Waals surface area contributed by atoms with Crippen LogP contribution in [0.15, 0.2) is 65.7 Å². The number of hydrogen-bond donors (Lipinski definition) is 1. The minimum atomic E-state index is -0.843. The average molecular weight is 417 g/mol. The van der Waals surface area contributed by atoms with Crippen LogP contribution in [0.3, 0.4) is 0 Å². The van der Waals surface area contributed by atoms with Crippen LogP contribution in [0.2, 0.25) is 0 Å². The number of fused-ring (bicyclic) bond motifs is 1. The van der Waals surface area contributed by atoms with Crippen LogP contribution in [0.25, 0.3) is 11.3 Å². The summed E-state index contributed by atoms with van der Waals surface area (Å²) in [7, 11) is 1.79. The van der Waals surface area contributed by atoms with Gasteiger partial charge in [-0.3, -0.25) is 14.3 Å². The van der Waals surface area contributed by atoms with E-state index in [1.165, 1.54) is 0 Å². The highest BCUT2D eigenvalue weighted by atomic mass is 16.3. The third-order valence-corrected chi connectivity index (χ3v) is 7.09. The Hall–Kier alpha value is -2.99. The van der Waals surface area contributed by atoms with Crippen molar-refractivity contribution in [3.63, 3.8) is 0 Å². The molecule has 1 N–H and O–H groups in total. The van der Waals surface area contributed by atoms with E-state index in [9.17, 15) is 9.90 Å². The Kier molecular flexibility index (Phi) is 5.10. The van der Waals surface area contributed by atoms with Crippen molar-refractivity contribution in [1.29, 1.82) is 0 Å². The minimum Gasteiger partial charge on any atom is -0.385 e. The van der Waals surface area contributed by atoms with Gasteiger partial charge in [0.2, 0.25) is 5.95 Å². The summed E-state index contributed by atoms with van der Waals surface area (Å²) in [6, 6.07) is 15.6. The van der Waals surface area contributed by atoms with Gasteiger partial charge in [-0.1, -0.05) is 43.2 Å². The maximum absolute atomic E-state index is 12.8. The van der Waals surface area contributed by atoms with E-state index in [0.29, 0.717) is 24.6 Å². The van der Waals surface area contributed by atoms with Crippen molar-refractivity contribution in [2.45, 2.75) is 43.7 Å². The van der Waals surface area contributed by atoms with Gasteiger partial charge in [0.1, 0.15) is 0 Å². The third kappa shape index (κ3) is 3.45. The standard InChI is InChI=1S/C25H28N4O2/c1-28-23(30)17-21(18-11-14-26-15-12-18)27-24(28)29-16-13-25(31,19-7-3-2-4-8-19)20-9-5-6-10-22(20)29/h2-4,7-8,11-12,14-15,17,20,22,31H,5-6,9-10,13,16H2,1H3/t20-,22+,25+/m0/s1. The van der Waals surface area contributed by atoms with E-state index in [4.69, 9.17) is 4.98 Å². The van der Waals surface area contributed by atoms with Gasteiger partial charge in [-0.15, -0.1) is 0 Å². The number of pyridine rings is 1. The van der Waals surface area contributed by atoms with Crippen molar-refractivity contribution < 1.29 is 5.11 Å². The van der Waals surface area contributed by atoms with E-state index < -0.39 is 5.60 Å². The molecule has 2 aromatic heterocycles. The fourth-order valence-corrected chi connectivity index (χ4v) is 5.47. The SMILES string of the molecule is Cn1c(N2CC[C@@](O)(c3ccccc3)[C@H]3CCCC[C@H]32)nc(-c2ccncc2)cc1=O. The Bertz CT molecular complexity index is 1120. The maximum Gasteiger partial charge on any atom is 0.255 e. The summed E-state index contributed by atoms with van der Waals surface area (Å²) in [5.74, 6) is 0.796. The molecule has 160 valence electrons. The van der Waals surface area contributed by atoms with E-state index in [1.807, 2.05) is 42.5 Å². The zero-order valence-corrected chi connectivity index (χ0v) is 17.8. The Morgan fingerprint density at radius 3 is 2.58 bits per heavy atom. The number of aromatic nitrogens is 3. The Morgan fingerprint density at radius 2 is 1.81 bits per heavy atom. The number of nitrogens with zero attached hydrogens (tertiary/aromatic N) is 4. The second-order valence-electron chi connectivity index (χ2n) is 8.77. The molecule has 5 rings (SSSR count). The monoisotopic (exact) mass is 416 g/mol. The van der Waals surface area contributed by atoms with Crippen LogP contribution >= 0.6 is 0 Å². The topological polar surface area (TPSA) is 71.2 Å². The van der Waals surface area contributed by atoms with Crippen molar-refractivity contribution in [3.8, 4) is 11.3 Å². The molecule has 0 bridgehead atoms. The first-order valence-corrected chi connectivity index (χ1v) is 11.1. The fourth-order valence-electron chi connectivity index (χ4n) is 5.47. The number of piperidine rings is 1. The van der Waals surface area contributed by atoms with Gasteiger partial charge in [-0.25, -0.2) is 4.98 Å². The van der Waals surface area contributed by atoms with Gasteiger partial charge in [0.15, 0.2) is 0 Å². The predicted octanol–water partition coefficient (Wildman–Crippen LogP) is 3.50. The molecule has 0 spiro atoms. The lowest BCUT2D eigenvalue weighted by Crippen LogP contribution is -2.58. The van der Waals surface area contributed by atoms with E-state index in [-0.39, 0.29) is 17.5 Å². The summed E-state index contributed by atoms with van der Waals surface area (Å²) in [5.41, 5.74) is 1.63. The van der Waals surface area contributed by atoms with E-state index in [1.54, 1.807) is 30.1 Å². The number of aliphatic hydroxyl groups is 1. The number of hydrogen-bond acceptors (Lipinski definition) is 5. The van der Waals surface area contributed by atoms with Crippen LogP contribution < -0.4 is 10.5 Å². The van der Waals surface area contributed by atoms with Crippen molar-refractivity contribution in [3.05, 3.63) is 76.8 Å². The minimum absolute atomic E-state index is 0.0759. The molecule has 1 aliphatic carbocycles. The largest absolute Gasteiger partial charge is 0.385 e. The van der Waals surface area contributed by atoms with Crippen LogP contribution in [0.4, 0.5) is 5.95 Å². The molecule has 3 heterocycles. The summed E-state index contributed by atoms with van der Waals surface area (Å²) in [4.78, 5) is 24.1. The molecule has 1 aliphatic heterocycles. The lowest BCUT2D eigenvalue weighted by Gasteiger charge is -2.53. The highest BCUT2D eigenvalue weighted by Crippen LogP contribution is 2.47. The first-order valence-electron chi connectivity index (χ1n) is 11.1. The van der Waals surface area contributed by atoms with Crippen LogP contribution in [0, 0.1) is 5.92 Å². The molecule has 3 atom stereocenters. The normalized spacial score (nSPS) is 25.8. The van der Waals surface area contributed by atoms with E-state index in [0.717, 1.165) is 36.8 Å². The van der Waals surface area contributed by atoms with Crippen LogP contribution in [-0.4, -0.2) is 32.2 Å². The molecule has 6 nitrogen and oxygen atoms in total. The molecule has 1 saturated heterocycles.